The Kier molecular flexibility index (Phi) is 4.90. The minimum atomic E-state index is -0.983. The van der Waals surface area contributed by atoms with E-state index in [1.165, 1.54) is 0 Å². The molecule has 0 radical (unpaired) electrons. The number of rotatable bonds is 6. The topological polar surface area (TPSA) is 78.8 Å². The van der Waals surface area contributed by atoms with E-state index in [9.17, 15) is 10.1 Å². The molecule has 1 atom stereocenters. The van der Waals surface area contributed by atoms with Crippen molar-refractivity contribution in [1.82, 2.24) is 9.97 Å². The summed E-state index contributed by atoms with van der Waals surface area (Å²) in [6.45, 7) is 0.0319. The van der Waals surface area contributed by atoms with Crippen LogP contribution in [0.15, 0.2) is 48.5 Å². The first-order valence-electron chi connectivity index (χ1n) is 7.37. The maximum atomic E-state index is 12.3. The molecule has 1 heterocycles. The zero-order valence-corrected chi connectivity index (χ0v) is 13.5. The number of para-hydroxylation sites is 2. The van der Waals surface area contributed by atoms with Crippen LogP contribution in [-0.2, 0) is 16.1 Å². The molecule has 3 rings (SSSR count). The smallest absolute Gasteiger partial charge is 0.183 e. The van der Waals surface area contributed by atoms with Crippen LogP contribution in [0, 0.1) is 11.3 Å². The number of ketones is 1. The van der Waals surface area contributed by atoms with E-state index in [1.807, 2.05) is 48.5 Å². The van der Waals surface area contributed by atoms with Gasteiger partial charge in [-0.2, -0.15) is 5.26 Å². The van der Waals surface area contributed by atoms with Crippen molar-refractivity contribution in [3.05, 3.63) is 64.9 Å². The number of Topliss-reactive ketones (excluding diaryl/α,β-unsaturated/α-hetero) is 1. The van der Waals surface area contributed by atoms with E-state index in [4.69, 9.17) is 16.3 Å². The van der Waals surface area contributed by atoms with Crippen molar-refractivity contribution >= 4 is 28.4 Å². The molecule has 120 valence electrons. The van der Waals surface area contributed by atoms with E-state index < -0.39 is 5.92 Å². The molecule has 2 aromatic carbocycles. The quantitative estimate of drug-likeness (QED) is 0.744. The Hall–Kier alpha value is -2.68. The van der Waals surface area contributed by atoms with Crippen molar-refractivity contribution in [1.29, 1.82) is 5.26 Å². The van der Waals surface area contributed by atoms with Crippen molar-refractivity contribution in [2.45, 2.75) is 12.5 Å². The molecule has 0 fully saturated rings. The monoisotopic (exact) mass is 339 g/mol. The maximum Gasteiger partial charge on any atom is 0.183 e. The number of aromatic nitrogens is 2. The Labute approximate surface area is 143 Å². The molecule has 0 aliphatic carbocycles. The number of carbonyl (C=O) groups excluding carboxylic acids is 1. The SMILES string of the molecule is N#C[C@H](C(=O)COCc1ccccc1Cl)c1nc2ccccc2[nH]1. The molecule has 1 aromatic heterocycles. The second kappa shape index (κ2) is 7.26. The Morgan fingerprint density at radius 3 is 2.75 bits per heavy atom. The molecule has 0 spiro atoms. The summed E-state index contributed by atoms with van der Waals surface area (Å²) < 4.78 is 5.41. The van der Waals surface area contributed by atoms with Crippen molar-refractivity contribution in [2.75, 3.05) is 6.61 Å². The van der Waals surface area contributed by atoms with Gasteiger partial charge in [0, 0.05) is 5.02 Å². The number of carbonyl (C=O) groups is 1. The van der Waals surface area contributed by atoms with E-state index in [0.29, 0.717) is 10.8 Å². The first-order valence-corrected chi connectivity index (χ1v) is 7.75. The molecule has 0 amide bonds. The fourth-order valence-electron chi connectivity index (χ4n) is 2.36. The van der Waals surface area contributed by atoms with Crippen molar-refractivity contribution in [3.63, 3.8) is 0 Å². The Balaban J connectivity index is 1.66. The number of benzene rings is 2. The van der Waals surface area contributed by atoms with E-state index >= 15 is 0 Å². The van der Waals surface area contributed by atoms with Crippen LogP contribution in [-0.4, -0.2) is 22.4 Å². The number of halogens is 1. The third-order valence-electron chi connectivity index (χ3n) is 3.59. The molecular weight excluding hydrogens is 326 g/mol. The highest BCUT2D eigenvalue weighted by molar-refractivity contribution is 6.31. The van der Waals surface area contributed by atoms with Gasteiger partial charge in [-0.25, -0.2) is 4.98 Å². The lowest BCUT2D eigenvalue weighted by atomic mass is 10.1. The van der Waals surface area contributed by atoms with Crippen LogP contribution >= 0.6 is 11.6 Å². The normalized spacial score (nSPS) is 12.0. The second-order valence-electron chi connectivity index (χ2n) is 5.25. The van der Waals surface area contributed by atoms with Gasteiger partial charge in [0.25, 0.3) is 0 Å². The summed E-state index contributed by atoms with van der Waals surface area (Å²) in [5, 5.41) is 9.91. The van der Waals surface area contributed by atoms with E-state index in [1.54, 1.807) is 6.07 Å². The first kappa shape index (κ1) is 16.2. The van der Waals surface area contributed by atoms with Crippen LogP contribution < -0.4 is 0 Å². The lowest BCUT2D eigenvalue weighted by Crippen LogP contribution is -2.18. The second-order valence-corrected chi connectivity index (χ2v) is 5.66. The minimum absolute atomic E-state index is 0.180. The zero-order valence-electron chi connectivity index (χ0n) is 12.7. The predicted molar refractivity (Wildman–Crippen MR) is 90.6 cm³/mol. The van der Waals surface area contributed by atoms with Crippen LogP contribution in [0.25, 0.3) is 11.0 Å². The molecule has 0 bridgehead atoms. The average molecular weight is 340 g/mol. The fraction of sp³-hybridized carbons (Fsp3) is 0.167. The van der Waals surface area contributed by atoms with Crippen molar-refractivity contribution in [2.24, 2.45) is 0 Å². The fourth-order valence-corrected chi connectivity index (χ4v) is 2.55. The van der Waals surface area contributed by atoms with Gasteiger partial charge in [-0.3, -0.25) is 4.79 Å². The van der Waals surface area contributed by atoms with Gasteiger partial charge in [0.1, 0.15) is 12.4 Å². The Morgan fingerprint density at radius 1 is 1.25 bits per heavy atom. The van der Waals surface area contributed by atoms with Gasteiger partial charge in [0.2, 0.25) is 0 Å². The van der Waals surface area contributed by atoms with Crippen LogP contribution in [0.2, 0.25) is 5.02 Å². The van der Waals surface area contributed by atoms with Crippen LogP contribution in [0.5, 0.6) is 0 Å². The summed E-state index contributed by atoms with van der Waals surface area (Å²) in [4.78, 5) is 19.6. The number of H-pyrrole nitrogens is 1. The molecule has 1 N–H and O–H groups in total. The summed E-state index contributed by atoms with van der Waals surface area (Å²) in [7, 11) is 0. The third-order valence-corrected chi connectivity index (χ3v) is 3.96. The predicted octanol–water partition coefficient (Wildman–Crippen LogP) is 3.61. The average Bonchev–Trinajstić information content (AvgIpc) is 3.01. The van der Waals surface area contributed by atoms with Gasteiger partial charge in [-0.05, 0) is 23.8 Å². The highest BCUT2D eigenvalue weighted by atomic mass is 35.5. The highest BCUT2D eigenvalue weighted by Crippen LogP contribution is 2.19. The summed E-state index contributed by atoms with van der Waals surface area (Å²) in [5.41, 5.74) is 2.30. The summed E-state index contributed by atoms with van der Waals surface area (Å²) in [6, 6.07) is 16.6. The molecule has 0 saturated heterocycles. The summed E-state index contributed by atoms with van der Waals surface area (Å²) in [6.07, 6.45) is 0. The molecule has 24 heavy (non-hydrogen) atoms. The standard InChI is InChI=1S/C18H14ClN3O2/c19-14-6-2-1-5-12(14)10-24-11-17(23)13(9-20)18-21-15-7-3-4-8-16(15)22-18/h1-8,13H,10-11H2,(H,21,22)/t13-/m1/s1. The van der Waals surface area contributed by atoms with Gasteiger partial charge in [0.15, 0.2) is 11.7 Å². The number of nitrogens with one attached hydrogen (secondary N) is 1. The molecule has 6 heteroatoms. The first-order chi connectivity index (χ1) is 11.7. The lowest BCUT2D eigenvalue weighted by Gasteiger charge is -2.07. The minimum Gasteiger partial charge on any atom is -0.369 e. The van der Waals surface area contributed by atoms with Gasteiger partial charge in [-0.1, -0.05) is 41.9 Å². The molecule has 0 saturated carbocycles. The van der Waals surface area contributed by atoms with Crippen LogP contribution in [0.3, 0.4) is 0 Å². The molecule has 0 aliphatic rings. The lowest BCUT2D eigenvalue weighted by molar-refractivity contribution is -0.124. The van der Waals surface area contributed by atoms with Gasteiger partial charge < -0.3 is 9.72 Å². The molecule has 3 aromatic rings. The number of imidazole rings is 1. The van der Waals surface area contributed by atoms with E-state index in [0.717, 1.165) is 16.6 Å². The van der Waals surface area contributed by atoms with Gasteiger partial charge in [-0.15, -0.1) is 0 Å². The number of fused-ring (bicyclic) bond motifs is 1. The number of hydrogen-bond donors (Lipinski definition) is 1. The Morgan fingerprint density at radius 2 is 2.00 bits per heavy atom. The van der Waals surface area contributed by atoms with E-state index in [2.05, 4.69) is 9.97 Å². The number of nitrogens with zero attached hydrogens (tertiary/aromatic N) is 2. The third kappa shape index (κ3) is 3.46. The maximum absolute atomic E-state index is 12.3. The van der Waals surface area contributed by atoms with E-state index in [-0.39, 0.29) is 19.0 Å². The number of hydrogen-bond acceptors (Lipinski definition) is 4. The highest BCUT2D eigenvalue weighted by Gasteiger charge is 2.23. The molecule has 5 nitrogen and oxygen atoms in total. The molecular formula is C18H14ClN3O2. The van der Waals surface area contributed by atoms with Crippen molar-refractivity contribution < 1.29 is 9.53 Å². The van der Waals surface area contributed by atoms with Crippen LogP contribution in [0.1, 0.15) is 17.3 Å². The van der Waals surface area contributed by atoms with Gasteiger partial charge in [0.05, 0.1) is 23.7 Å². The van der Waals surface area contributed by atoms with Crippen molar-refractivity contribution in [3.8, 4) is 6.07 Å². The molecule has 0 aliphatic heterocycles. The number of ether oxygens (including phenoxy) is 1. The summed E-state index contributed by atoms with van der Waals surface area (Å²) >= 11 is 6.04. The van der Waals surface area contributed by atoms with Gasteiger partial charge >= 0.3 is 0 Å². The number of aromatic amines is 1. The zero-order chi connectivity index (χ0) is 16.9. The number of nitriles is 1. The summed E-state index contributed by atoms with van der Waals surface area (Å²) in [5.74, 6) is -0.989. The van der Waals surface area contributed by atoms with Crippen LogP contribution in [0.4, 0.5) is 0 Å². The largest absolute Gasteiger partial charge is 0.369 e. The molecule has 0 unspecified atom stereocenters. The Bertz CT molecular complexity index is 881.